The first-order chi connectivity index (χ1) is 9.52. The molecule has 0 radical (unpaired) electrons. The van der Waals surface area contributed by atoms with E-state index in [0.29, 0.717) is 17.9 Å². The summed E-state index contributed by atoms with van der Waals surface area (Å²) in [6.45, 7) is 9.87. The average Bonchev–Trinajstić information content (AvgIpc) is 2.43. The van der Waals surface area contributed by atoms with Gasteiger partial charge in [0, 0.05) is 25.0 Å². The summed E-state index contributed by atoms with van der Waals surface area (Å²) in [4.78, 5) is 11.6. The first-order valence-electron chi connectivity index (χ1n) is 7.24. The number of anilines is 2. The van der Waals surface area contributed by atoms with Crippen LogP contribution in [-0.2, 0) is 0 Å². The zero-order chi connectivity index (χ0) is 14.7. The molecule has 4 heteroatoms. The van der Waals surface area contributed by atoms with E-state index in [-0.39, 0.29) is 0 Å². The summed E-state index contributed by atoms with van der Waals surface area (Å²) in [5, 5.41) is 4.17. The third-order valence-electron chi connectivity index (χ3n) is 3.26. The van der Waals surface area contributed by atoms with Crippen LogP contribution >= 0.6 is 0 Å². The molecule has 0 aliphatic carbocycles. The predicted octanol–water partition coefficient (Wildman–Crippen LogP) is 3.54. The number of hydrogen-bond acceptors (Lipinski definition) is 4. The lowest BCUT2D eigenvalue weighted by atomic mass is 10.1. The molecule has 2 rings (SSSR count). The van der Waals surface area contributed by atoms with Gasteiger partial charge in [-0.05, 0) is 31.9 Å². The fraction of sp³-hybridized carbons (Fsp3) is 0.500. The van der Waals surface area contributed by atoms with Crippen LogP contribution in [0.3, 0.4) is 0 Å². The summed E-state index contributed by atoms with van der Waals surface area (Å²) in [6, 6.07) is 8.60. The molecule has 0 unspecified atom stereocenters. The fourth-order valence-corrected chi connectivity index (χ4v) is 2.33. The Morgan fingerprint density at radius 1 is 1.10 bits per heavy atom. The van der Waals surface area contributed by atoms with Crippen molar-refractivity contribution in [3.05, 3.63) is 24.3 Å². The number of nitrogens with one attached hydrogen (secondary N) is 1. The lowest BCUT2D eigenvalue weighted by molar-refractivity contribution is 0.567. The largest absolute Gasteiger partial charge is 0.357 e. The molecule has 0 aliphatic rings. The predicted molar refractivity (Wildman–Crippen MR) is 86.4 cm³/mol. The molecule has 0 bridgehead atoms. The van der Waals surface area contributed by atoms with Crippen LogP contribution < -0.4 is 10.2 Å². The summed E-state index contributed by atoms with van der Waals surface area (Å²) in [5.74, 6) is 2.28. The summed E-state index contributed by atoms with van der Waals surface area (Å²) in [5.41, 5.74) is 0.983. The lowest BCUT2D eigenvalue weighted by Crippen LogP contribution is -2.35. The van der Waals surface area contributed by atoms with Gasteiger partial charge in [-0.1, -0.05) is 26.0 Å². The van der Waals surface area contributed by atoms with Gasteiger partial charge in [-0.2, -0.15) is 4.98 Å². The second-order valence-electron chi connectivity index (χ2n) is 5.78. The van der Waals surface area contributed by atoms with Crippen LogP contribution in [0.5, 0.6) is 0 Å². The molecule has 1 N–H and O–H groups in total. The molecule has 0 aliphatic heterocycles. The van der Waals surface area contributed by atoms with Gasteiger partial charge in [-0.25, -0.2) is 4.98 Å². The molecule has 0 fully saturated rings. The average molecular weight is 272 g/mol. The van der Waals surface area contributed by atoms with Crippen LogP contribution in [-0.4, -0.2) is 29.6 Å². The van der Waals surface area contributed by atoms with Crippen LogP contribution in [0, 0.1) is 5.92 Å². The highest BCUT2D eigenvalue weighted by Crippen LogP contribution is 2.27. The molecule has 1 heterocycles. The Morgan fingerprint density at radius 3 is 2.40 bits per heavy atom. The van der Waals surface area contributed by atoms with E-state index in [4.69, 9.17) is 4.98 Å². The molecule has 4 nitrogen and oxygen atoms in total. The first-order valence-corrected chi connectivity index (χ1v) is 7.24. The van der Waals surface area contributed by atoms with Crippen molar-refractivity contribution in [1.82, 2.24) is 9.97 Å². The Kier molecular flexibility index (Phi) is 4.42. The second kappa shape index (κ2) is 6.07. The van der Waals surface area contributed by atoms with Gasteiger partial charge in [0.1, 0.15) is 5.82 Å². The maximum atomic E-state index is 4.70. The van der Waals surface area contributed by atoms with Crippen molar-refractivity contribution in [2.75, 3.05) is 23.8 Å². The van der Waals surface area contributed by atoms with Gasteiger partial charge in [-0.3, -0.25) is 0 Å². The minimum atomic E-state index is 0.403. The Morgan fingerprint density at radius 2 is 1.80 bits per heavy atom. The van der Waals surface area contributed by atoms with Crippen molar-refractivity contribution in [3.8, 4) is 0 Å². The summed E-state index contributed by atoms with van der Waals surface area (Å²) >= 11 is 0. The molecular formula is C16H24N4. The van der Waals surface area contributed by atoms with Crippen molar-refractivity contribution in [3.63, 3.8) is 0 Å². The highest BCUT2D eigenvalue weighted by atomic mass is 15.2. The lowest BCUT2D eigenvalue weighted by Gasteiger charge is -2.30. The Balaban J connectivity index is 2.59. The van der Waals surface area contributed by atoms with Crippen molar-refractivity contribution < 1.29 is 0 Å². The van der Waals surface area contributed by atoms with E-state index in [1.54, 1.807) is 0 Å². The van der Waals surface area contributed by atoms with Crippen LogP contribution in [0.2, 0.25) is 0 Å². The maximum absolute atomic E-state index is 4.70. The summed E-state index contributed by atoms with van der Waals surface area (Å²) in [7, 11) is 1.86. The van der Waals surface area contributed by atoms with E-state index in [0.717, 1.165) is 23.3 Å². The Bertz CT molecular complexity index is 578. The number of aromatic nitrogens is 2. The van der Waals surface area contributed by atoms with Crippen LogP contribution in [0.4, 0.5) is 11.8 Å². The zero-order valence-electron chi connectivity index (χ0n) is 13.0. The minimum absolute atomic E-state index is 0.403. The summed E-state index contributed by atoms with van der Waals surface area (Å²) in [6.07, 6.45) is 0. The number of hydrogen-bond donors (Lipinski definition) is 1. The molecule has 108 valence electrons. The Hall–Kier alpha value is -1.84. The van der Waals surface area contributed by atoms with Crippen molar-refractivity contribution in [2.24, 2.45) is 5.92 Å². The number of para-hydroxylation sites is 1. The monoisotopic (exact) mass is 272 g/mol. The van der Waals surface area contributed by atoms with Crippen molar-refractivity contribution >= 4 is 22.7 Å². The third-order valence-corrected chi connectivity index (χ3v) is 3.26. The Labute approximate surface area is 121 Å². The van der Waals surface area contributed by atoms with E-state index in [1.165, 1.54) is 0 Å². The standard InChI is InChI=1S/C16H24N4/c1-11(2)10-20(12(3)4)15-13-8-6-7-9-14(13)18-16(17-5)19-15/h6-9,11-12H,10H2,1-5H3,(H,17,18,19). The maximum Gasteiger partial charge on any atom is 0.224 e. The van der Waals surface area contributed by atoms with Gasteiger partial charge in [-0.15, -0.1) is 0 Å². The van der Waals surface area contributed by atoms with Gasteiger partial charge in [0.15, 0.2) is 0 Å². The summed E-state index contributed by atoms with van der Waals surface area (Å²) < 4.78 is 0. The van der Waals surface area contributed by atoms with Gasteiger partial charge in [0.25, 0.3) is 0 Å². The fourth-order valence-electron chi connectivity index (χ4n) is 2.33. The normalized spacial score (nSPS) is 11.3. The molecule has 1 aromatic carbocycles. The van der Waals surface area contributed by atoms with Crippen LogP contribution in [0.25, 0.3) is 10.9 Å². The quantitative estimate of drug-likeness (QED) is 0.904. The zero-order valence-corrected chi connectivity index (χ0v) is 13.0. The smallest absolute Gasteiger partial charge is 0.224 e. The van der Waals surface area contributed by atoms with Gasteiger partial charge in [0.05, 0.1) is 5.52 Å². The molecule has 0 spiro atoms. The topological polar surface area (TPSA) is 41.1 Å². The number of rotatable bonds is 5. The van der Waals surface area contributed by atoms with Gasteiger partial charge in [0.2, 0.25) is 5.95 Å². The molecule has 20 heavy (non-hydrogen) atoms. The van der Waals surface area contributed by atoms with Gasteiger partial charge >= 0.3 is 0 Å². The molecule has 0 atom stereocenters. The highest BCUT2D eigenvalue weighted by molar-refractivity contribution is 5.90. The van der Waals surface area contributed by atoms with Crippen molar-refractivity contribution in [2.45, 2.75) is 33.7 Å². The van der Waals surface area contributed by atoms with E-state index in [9.17, 15) is 0 Å². The molecule has 0 saturated heterocycles. The van der Waals surface area contributed by atoms with Gasteiger partial charge < -0.3 is 10.2 Å². The van der Waals surface area contributed by atoms with Crippen LogP contribution in [0.15, 0.2) is 24.3 Å². The van der Waals surface area contributed by atoms with E-state index < -0.39 is 0 Å². The van der Waals surface area contributed by atoms with Crippen LogP contribution in [0.1, 0.15) is 27.7 Å². The molecule has 0 amide bonds. The third kappa shape index (κ3) is 3.00. The SMILES string of the molecule is CNc1nc(N(CC(C)C)C(C)C)c2ccccc2n1. The molecule has 2 aromatic rings. The molecule has 0 saturated carbocycles. The number of fused-ring (bicyclic) bond motifs is 1. The van der Waals surface area contributed by atoms with E-state index in [2.05, 4.69) is 49.0 Å². The number of benzene rings is 1. The van der Waals surface area contributed by atoms with E-state index >= 15 is 0 Å². The molecular weight excluding hydrogens is 248 g/mol. The second-order valence-corrected chi connectivity index (χ2v) is 5.78. The van der Waals surface area contributed by atoms with Crippen molar-refractivity contribution in [1.29, 1.82) is 0 Å². The molecule has 1 aromatic heterocycles. The number of nitrogens with zero attached hydrogens (tertiary/aromatic N) is 3. The highest BCUT2D eigenvalue weighted by Gasteiger charge is 2.17. The first kappa shape index (κ1) is 14.6. The van der Waals surface area contributed by atoms with E-state index in [1.807, 2.05) is 25.2 Å². The minimum Gasteiger partial charge on any atom is -0.357 e.